The highest BCUT2D eigenvalue weighted by Gasteiger charge is 2.43. The maximum absolute atomic E-state index is 5.42. The number of fused-ring (bicyclic) bond motifs is 14. The highest BCUT2D eigenvalue weighted by Crippen LogP contribution is 2.59. The van der Waals surface area contributed by atoms with E-state index in [0.717, 1.165) is 23.9 Å². The number of benzene rings is 2. The molecule has 2 heterocycles. The summed E-state index contributed by atoms with van der Waals surface area (Å²) in [6, 6.07) is 15.8. The minimum absolute atomic E-state index is 0.681. The van der Waals surface area contributed by atoms with Gasteiger partial charge >= 0.3 is 0 Å². The van der Waals surface area contributed by atoms with Crippen molar-refractivity contribution >= 4 is 27.4 Å². The van der Waals surface area contributed by atoms with Crippen molar-refractivity contribution in [3.8, 4) is 11.3 Å². The number of hydrogen-bond donors (Lipinski definition) is 0. The number of pyridine rings is 2. The molecule has 0 radical (unpaired) electrons. The van der Waals surface area contributed by atoms with Gasteiger partial charge in [0.25, 0.3) is 0 Å². The maximum Gasteiger partial charge on any atom is 0.0747 e. The molecule has 4 atom stereocenters. The smallest absolute Gasteiger partial charge is 0.0747 e. The van der Waals surface area contributed by atoms with Crippen LogP contribution in [0, 0.1) is 0 Å². The highest BCUT2D eigenvalue weighted by atomic mass is 14.8. The zero-order valence-corrected chi connectivity index (χ0v) is 20.6. The van der Waals surface area contributed by atoms with E-state index in [2.05, 4.69) is 60.7 Å². The Kier molecular flexibility index (Phi) is 3.95. The molecule has 9 rings (SSSR count). The summed E-state index contributed by atoms with van der Waals surface area (Å²) in [5, 5.41) is 2.84. The van der Waals surface area contributed by atoms with Crippen LogP contribution in [0.5, 0.6) is 0 Å². The van der Waals surface area contributed by atoms with E-state index in [1.54, 1.807) is 22.3 Å². The third-order valence-electron chi connectivity index (χ3n) is 10.1. The Hall–Kier alpha value is -3.26. The average molecular weight is 467 g/mol. The molecule has 2 aromatic carbocycles. The van der Waals surface area contributed by atoms with Gasteiger partial charge in [0.15, 0.2) is 0 Å². The lowest BCUT2D eigenvalue weighted by atomic mass is 9.83. The third-order valence-corrected chi connectivity index (χ3v) is 10.1. The van der Waals surface area contributed by atoms with E-state index in [-0.39, 0.29) is 0 Å². The molecule has 176 valence electrons. The summed E-state index contributed by atoms with van der Waals surface area (Å²) in [5.74, 6) is 2.79. The minimum Gasteiger partial charge on any atom is -0.247 e. The Morgan fingerprint density at radius 2 is 1.22 bits per heavy atom. The molecule has 0 N–H and O–H groups in total. The molecule has 2 aromatic heterocycles. The van der Waals surface area contributed by atoms with Crippen LogP contribution < -0.4 is 0 Å². The second-order valence-corrected chi connectivity index (χ2v) is 11.9. The van der Waals surface area contributed by atoms with Crippen LogP contribution in [0.1, 0.15) is 103 Å². The Balaban J connectivity index is 1.37. The summed E-state index contributed by atoms with van der Waals surface area (Å²) < 4.78 is 0. The lowest BCUT2D eigenvalue weighted by Gasteiger charge is -2.24. The van der Waals surface area contributed by atoms with Crippen molar-refractivity contribution in [3.63, 3.8) is 0 Å². The van der Waals surface area contributed by atoms with Gasteiger partial charge in [0.1, 0.15) is 0 Å². The van der Waals surface area contributed by atoms with E-state index < -0.39 is 0 Å². The lowest BCUT2D eigenvalue weighted by Crippen LogP contribution is -2.08. The quantitative estimate of drug-likeness (QED) is 0.276. The van der Waals surface area contributed by atoms with Gasteiger partial charge < -0.3 is 0 Å². The molecule has 5 aliphatic rings. The molecule has 2 fully saturated rings. The summed E-state index contributed by atoms with van der Waals surface area (Å²) in [5.41, 5.74) is 13.8. The van der Waals surface area contributed by atoms with Crippen LogP contribution in [0.3, 0.4) is 0 Å². The van der Waals surface area contributed by atoms with Gasteiger partial charge in [-0.25, -0.2) is 9.97 Å². The highest BCUT2D eigenvalue weighted by molar-refractivity contribution is 6.02. The second kappa shape index (κ2) is 7.16. The summed E-state index contributed by atoms with van der Waals surface area (Å²) >= 11 is 0. The first-order valence-corrected chi connectivity index (χ1v) is 14.1. The Bertz CT molecular complexity index is 1660. The van der Waals surface area contributed by atoms with Crippen molar-refractivity contribution in [3.05, 3.63) is 88.6 Å². The number of allylic oxidation sites excluding steroid dienone is 4. The number of hydrogen-bond acceptors (Lipinski definition) is 2. The topological polar surface area (TPSA) is 25.8 Å². The van der Waals surface area contributed by atoms with Crippen LogP contribution in [0.25, 0.3) is 38.6 Å². The van der Waals surface area contributed by atoms with Gasteiger partial charge in [-0.3, -0.25) is 0 Å². The molecule has 2 saturated carbocycles. The van der Waals surface area contributed by atoms with Crippen molar-refractivity contribution in [2.75, 3.05) is 0 Å². The normalized spacial score (nSPS) is 27.2. The van der Waals surface area contributed by atoms with E-state index in [9.17, 15) is 0 Å². The third kappa shape index (κ3) is 2.58. The zero-order chi connectivity index (χ0) is 23.4. The van der Waals surface area contributed by atoms with Crippen LogP contribution in [0.15, 0.2) is 60.7 Å². The number of rotatable bonds is 2. The van der Waals surface area contributed by atoms with Crippen LogP contribution in [-0.2, 0) is 0 Å². The Labute approximate surface area is 212 Å². The fourth-order valence-electron chi connectivity index (χ4n) is 8.64. The number of aromatic nitrogens is 2. The Morgan fingerprint density at radius 1 is 0.611 bits per heavy atom. The van der Waals surface area contributed by atoms with Gasteiger partial charge in [-0.15, -0.1) is 0 Å². The summed E-state index contributed by atoms with van der Waals surface area (Å²) in [7, 11) is 0. The zero-order valence-electron chi connectivity index (χ0n) is 20.6. The molecule has 0 spiro atoms. The summed E-state index contributed by atoms with van der Waals surface area (Å²) in [4.78, 5) is 10.8. The molecule has 2 nitrogen and oxygen atoms in total. The van der Waals surface area contributed by atoms with Crippen LogP contribution >= 0.6 is 0 Å². The standard InChI is InChI=1S/C34H30N2/c1-3-7-19(8-4-1)33-31-23-13-11-21(15-23)29(31)25-17-26-28(18-27(25)35-33)36-34(20-9-5-2-6-10-20)32-24-14-12-22(16-24)30(26)32/h1,3-5,7-10,17-18,21-24H,2,6,11-16H2. The van der Waals surface area contributed by atoms with E-state index in [1.165, 1.54) is 71.8 Å². The number of nitrogens with zero attached hydrogens (tertiary/aromatic N) is 2. The molecule has 36 heavy (non-hydrogen) atoms. The first-order chi connectivity index (χ1) is 17.8. The first kappa shape index (κ1) is 19.9. The van der Waals surface area contributed by atoms with Crippen molar-refractivity contribution in [2.24, 2.45) is 0 Å². The lowest BCUT2D eigenvalue weighted by molar-refractivity contribution is 0.716. The predicted octanol–water partition coefficient (Wildman–Crippen LogP) is 8.91. The molecule has 2 heteroatoms. The molecule has 0 amide bonds. The van der Waals surface area contributed by atoms with Crippen molar-refractivity contribution in [1.29, 1.82) is 0 Å². The van der Waals surface area contributed by atoms with Crippen molar-refractivity contribution < 1.29 is 0 Å². The van der Waals surface area contributed by atoms with E-state index in [1.807, 2.05) is 0 Å². The van der Waals surface area contributed by atoms with E-state index in [4.69, 9.17) is 9.97 Å². The molecule has 0 aliphatic heterocycles. The summed E-state index contributed by atoms with van der Waals surface area (Å²) in [6.45, 7) is 0. The molecule has 4 aromatic rings. The van der Waals surface area contributed by atoms with Crippen LogP contribution in [0.4, 0.5) is 0 Å². The van der Waals surface area contributed by atoms with Crippen molar-refractivity contribution in [2.45, 2.75) is 75.0 Å². The van der Waals surface area contributed by atoms with Gasteiger partial charge in [0, 0.05) is 16.3 Å². The molecular formula is C34H30N2. The minimum atomic E-state index is 0.681. The van der Waals surface area contributed by atoms with Crippen LogP contribution in [0.2, 0.25) is 0 Å². The molecule has 4 unspecified atom stereocenters. The van der Waals surface area contributed by atoms with Crippen LogP contribution in [-0.4, -0.2) is 9.97 Å². The molecule has 0 saturated heterocycles. The van der Waals surface area contributed by atoms with Gasteiger partial charge in [0.2, 0.25) is 0 Å². The maximum atomic E-state index is 5.42. The fraction of sp³-hybridized carbons (Fsp3) is 0.353. The SMILES string of the molecule is C1=CC(c2nc3cc4nc(-c5ccccc5)c5c(c4cc3c3c2C2CCC3C2)C2CCC5C2)=CCC1. The molecular weight excluding hydrogens is 436 g/mol. The van der Waals surface area contributed by atoms with E-state index in [0.29, 0.717) is 23.7 Å². The molecule has 4 bridgehead atoms. The largest absolute Gasteiger partial charge is 0.247 e. The van der Waals surface area contributed by atoms with Gasteiger partial charge in [-0.05, 0) is 115 Å². The predicted molar refractivity (Wildman–Crippen MR) is 147 cm³/mol. The summed E-state index contributed by atoms with van der Waals surface area (Å²) in [6.07, 6.45) is 17.3. The van der Waals surface area contributed by atoms with Gasteiger partial charge in [0.05, 0.1) is 22.4 Å². The monoisotopic (exact) mass is 466 g/mol. The second-order valence-electron chi connectivity index (χ2n) is 11.9. The molecule has 5 aliphatic carbocycles. The van der Waals surface area contributed by atoms with E-state index >= 15 is 0 Å². The Morgan fingerprint density at radius 3 is 1.86 bits per heavy atom. The van der Waals surface area contributed by atoms with Gasteiger partial charge in [-0.1, -0.05) is 48.6 Å². The van der Waals surface area contributed by atoms with Crippen molar-refractivity contribution in [1.82, 2.24) is 9.97 Å². The fourth-order valence-corrected chi connectivity index (χ4v) is 8.64. The average Bonchev–Trinajstić information content (AvgIpc) is 3.74. The first-order valence-electron chi connectivity index (χ1n) is 14.1. The van der Waals surface area contributed by atoms with Gasteiger partial charge in [-0.2, -0.15) is 0 Å².